The van der Waals surface area contributed by atoms with Crippen molar-refractivity contribution in [3.05, 3.63) is 52.5 Å². The van der Waals surface area contributed by atoms with Crippen molar-refractivity contribution in [3.8, 4) is 0 Å². The van der Waals surface area contributed by atoms with Gasteiger partial charge in [0.25, 0.3) is 0 Å². The molecule has 0 radical (unpaired) electrons. The zero-order valence-corrected chi connectivity index (χ0v) is 11.9. The number of nitrogens with one attached hydrogen (secondary N) is 1. The summed E-state index contributed by atoms with van der Waals surface area (Å²) in [6.07, 6.45) is 1.90. The molecule has 2 atom stereocenters. The fraction of sp³-hybridized carbons (Fsp3) is 0.400. The second-order valence-electron chi connectivity index (χ2n) is 4.91. The van der Waals surface area contributed by atoms with Crippen LogP contribution < -0.4 is 5.32 Å². The highest BCUT2D eigenvalue weighted by molar-refractivity contribution is 7.09. The van der Waals surface area contributed by atoms with Crippen molar-refractivity contribution in [2.45, 2.75) is 19.0 Å². The maximum absolute atomic E-state index is 4.48. The van der Waals surface area contributed by atoms with Crippen LogP contribution in [-0.2, 0) is 0 Å². The average molecular weight is 273 g/mol. The molecule has 0 aliphatic carbocycles. The minimum Gasteiger partial charge on any atom is -0.314 e. The van der Waals surface area contributed by atoms with E-state index in [9.17, 15) is 0 Å². The second-order valence-corrected chi connectivity index (χ2v) is 5.84. The molecule has 0 amide bonds. The fourth-order valence-electron chi connectivity index (χ4n) is 2.75. The molecular formula is C15H19N3S. The van der Waals surface area contributed by atoms with E-state index in [1.165, 1.54) is 10.6 Å². The lowest BCUT2D eigenvalue weighted by molar-refractivity contribution is 0.115. The van der Waals surface area contributed by atoms with E-state index < -0.39 is 0 Å². The smallest absolute Gasteiger partial charge is 0.109 e. The molecular weight excluding hydrogens is 254 g/mol. The minimum atomic E-state index is 0.382. The highest BCUT2D eigenvalue weighted by Crippen LogP contribution is 2.31. The van der Waals surface area contributed by atoms with E-state index >= 15 is 0 Å². The van der Waals surface area contributed by atoms with E-state index in [0.29, 0.717) is 12.1 Å². The van der Waals surface area contributed by atoms with Gasteiger partial charge in [0.1, 0.15) is 5.01 Å². The molecule has 0 bridgehead atoms. The van der Waals surface area contributed by atoms with Crippen molar-refractivity contribution in [3.63, 3.8) is 0 Å². The molecule has 100 valence electrons. The Morgan fingerprint density at radius 3 is 2.95 bits per heavy atom. The number of piperazine rings is 1. The van der Waals surface area contributed by atoms with Crippen LogP contribution in [0.25, 0.3) is 0 Å². The van der Waals surface area contributed by atoms with Crippen LogP contribution in [-0.4, -0.2) is 29.5 Å². The number of hydrogen-bond donors (Lipinski definition) is 1. The van der Waals surface area contributed by atoms with Gasteiger partial charge in [-0.25, -0.2) is 4.98 Å². The van der Waals surface area contributed by atoms with Gasteiger partial charge in [0.05, 0.1) is 6.04 Å². The maximum atomic E-state index is 4.48. The first-order valence-corrected chi connectivity index (χ1v) is 7.65. The topological polar surface area (TPSA) is 28.2 Å². The Labute approximate surface area is 118 Å². The van der Waals surface area contributed by atoms with Crippen LogP contribution in [0.15, 0.2) is 41.9 Å². The lowest BCUT2D eigenvalue weighted by Crippen LogP contribution is -2.46. The zero-order valence-electron chi connectivity index (χ0n) is 11.1. The van der Waals surface area contributed by atoms with Crippen LogP contribution in [0.3, 0.4) is 0 Å². The summed E-state index contributed by atoms with van der Waals surface area (Å²) in [5.41, 5.74) is 1.39. The van der Waals surface area contributed by atoms with E-state index in [-0.39, 0.29) is 0 Å². The first-order chi connectivity index (χ1) is 9.36. The van der Waals surface area contributed by atoms with Gasteiger partial charge in [-0.05, 0) is 12.5 Å². The number of nitrogens with zero attached hydrogens (tertiary/aromatic N) is 2. The molecule has 0 saturated carbocycles. The average Bonchev–Trinajstić information content (AvgIpc) is 3.02. The van der Waals surface area contributed by atoms with Gasteiger partial charge in [0.2, 0.25) is 0 Å². The molecule has 2 heterocycles. The normalized spacial score (nSPS) is 22.3. The molecule has 1 N–H and O–H groups in total. The fourth-order valence-corrected chi connectivity index (χ4v) is 3.47. The summed E-state index contributed by atoms with van der Waals surface area (Å²) in [5, 5.41) is 6.78. The lowest BCUT2D eigenvalue weighted by atomic mass is 10.0. The molecule has 4 heteroatoms. The molecule has 2 unspecified atom stereocenters. The Bertz CT molecular complexity index is 497. The first kappa shape index (κ1) is 12.8. The van der Waals surface area contributed by atoms with Crippen molar-refractivity contribution >= 4 is 11.3 Å². The molecule has 2 aromatic rings. The number of benzene rings is 1. The second kappa shape index (κ2) is 5.82. The van der Waals surface area contributed by atoms with Gasteiger partial charge in [-0.1, -0.05) is 30.3 Å². The Hall–Kier alpha value is -1.23. The van der Waals surface area contributed by atoms with Crippen molar-refractivity contribution in [2.75, 3.05) is 19.6 Å². The van der Waals surface area contributed by atoms with Gasteiger partial charge >= 0.3 is 0 Å². The highest BCUT2D eigenvalue weighted by Gasteiger charge is 2.29. The van der Waals surface area contributed by atoms with E-state index in [1.807, 2.05) is 6.20 Å². The predicted octanol–water partition coefficient (Wildman–Crippen LogP) is 2.85. The summed E-state index contributed by atoms with van der Waals surface area (Å²) in [5.74, 6) is 0. The summed E-state index contributed by atoms with van der Waals surface area (Å²) in [7, 11) is 0. The summed E-state index contributed by atoms with van der Waals surface area (Å²) in [6.45, 7) is 5.40. The summed E-state index contributed by atoms with van der Waals surface area (Å²) >= 11 is 1.75. The van der Waals surface area contributed by atoms with Gasteiger partial charge in [0, 0.05) is 37.3 Å². The predicted molar refractivity (Wildman–Crippen MR) is 79.3 cm³/mol. The summed E-state index contributed by atoms with van der Waals surface area (Å²) < 4.78 is 0. The van der Waals surface area contributed by atoms with E-state index in [1.54, 1.807) is 11.3 Å². The molecule has 1 fully saturated rings. The third kappa shape index (κ3) is 2.71. The van der Waals surface area contributed by atoms with Gasteiger partial charge < -0.3 is 5.32 Å². The Balaban J connectivity index is 1.85. The SMILES string of the molecule is CC(c1nccs1)N1CCNCC1c1ccccc1. The molecule has 3 nitrogen and oxygen atoms in total. The number of rotatable bonds is 3. The third-order valence-electron chi connectivity index (χ3n) is 3.78. The molecule has 1 aliphatic heterocycles. The Morgan fingerprint density at radius 2 is 2.21 bits per heavy atom. The Morgan fingerprint density at radius 1 is 1.37 bits per heavy atom. The van der Waals surface area contributed by atoms with Gasteiger partial charge in [-0.15, -0.1) is 11.3 Å². The first-order valence-electron chi connectivity index (χ1n) is 6.77. The van der Waals surface area contributed by atoms with Crippen molar-refractivity contribution in [1.29, 1.82) is 0 Å². The maximum Gasteiger partial charge on any atom is 0.109 e. The van der Waals surface area contributed by atoms with Crippen LogP contribution in [0.4, 0.5) is 0 Å². The van der Waals surface area contributed by atoms with Crippen LogP contribution in [0, 0.1) is 0 Å². The monoisotopic (exact) mass is 273 g/mol. The Kier molecular flexibility index (Phi) is 3.92. The van der Waals surface area contributed by atoms with Crippen molar-refractivity contribution < 1.29 is 0 Å². The molecule has 3 rings (SSSR count). The lowest BCUT2D eigenvalue weighted by Gasteiger charge is -2.39. The molecule has 19 heavy (non-hydrogen) atoms. The molecule has 1 aromatic carbocycles. The van der Waals surface area contributed by atoms with Gasteiger partial charge in [-0.3, -0.25) is 4.90 Å². The number of aromatic nitrogens is 1. The van der Waals surface area contributed by atoms with Gasteiger partial charge in [-0.2, -0.15) is 0 Å². The van der Waals surface area contributed by atoms with Crippen LogP contribution >= 0.6 is 11.3 Å². The van der Waals surface area contributed by atoms with E-state index in [2.05, 4.69) is 57.8 Å². The summed E-state index contributed by atoms with van der Waals surface area (Å²) in [4.78, 5) is 7.04. The summed E-state index contributed by atoms with van der Waals surface area (Å²) in [6, 6.07) is 11.6. The molecule has 1 aromatic heterocycles. The van der Waals surface area contributed by atoms with Crippen molar-refractivity contribution in [2.24, 2.45) is 0 Å². The van der Waals surface area contributed by atoms with Gasteiger partial charge in [0.15, 0.2) is 0 Å². The quantitative estimate of drug-likeness (QED) is 0.932. The third-order valence-corrected chi connectivity index (χ3v) is 4.72. The number of thiazole rings is 1. The van der Waals surface area contributed by atoms with Crippen molar-refractivity contribution in [1.82, 2.24) is 15.2 Å². The minimum absolute atomic E-state index is 0.382. The van der Waals surface area contributed by atoms with Crippen LogP contribution in [0.2, 0.25) is 0 Å². The van der Waals surface area contributed by atoms with Crippen LogP contribution in [0.5, 0.6) is 0 Å². The van der Waals surface area contributed by atoms with E-state index in [4.69, 9.17) is 0 Å². The molecule has 1 saturated heterocycles. The largest absolute Gasteiger partial charge is 0.314 e. The zero-order chi connectivity index (χ0) is 13.1. The van der Waals surface area contributed by atoms with Crippen LogP contribution in [0.1, 0.15) is 29.6 Å². The molecule has 1 aliphatic rings. The molecule has 0 spiro atoms. The standard InChI is InChI=1S/C15H19N3S/c1-12(15-17-8-10-19-15)18-9-7-16-11-14(18)13-5-3-2-4-6-13/h2-6,8,10,12,14,16H,7,9,11H2,1H3. The van der Waals surface area contributed by atoms with E-state index in [0.717, 1.165) is 19.6 Å². The highest BCUT2D eigenvalue weighted by atomic mass is 32.1. The number of hydrogen-bond acceptors (Lipinski definition) is 4.